The van der Waals surface area contributed by atoms with Gasteiger partial charge in [0.1, 0.15) is 22.9 Å². The number of aromatic amines is 1. The number of carbonyl (C=O) groups is 1. The highest BCUT2D eigenvalue weighted by atomic mass is 79.9. The van der Waals surface area contributed by atoms with Crippen LogP contribution in [0.5, 0.6) is 5.75 Å². The Morgan fingerprint density at radius 1 is 1.23 bits per heavy atom. The van der Waals surface area contributed by atoms with Crippen molar-refractivity contribution in [3.05, 3.63) is 46.7 Å². The Balaban J connectivity index is 1.22. The number of benzene rings is 2. The maximum absolute atomic E-state index is 14.8. The molecule has 1 aliphatic heterocycles. The van der Waals surface area contributed by atoms with E-state index < -0.39 is 11.4 Å². The zero-order chi connectivity index (χ0) is 25.0. The Labute approximate surface area is 213 Å². The molecule has 1 aliphatic rings. The molecule has 7 nitrogen and oxygen atoms in total. The van der Waals surface area contributed by atoms with Crippen molar-refractivity contribution >= 4 is 32.9 Å². The predicted molar refractivity (Wildman–Crippen MR) is 136 cm³/mol. The summed E-state index contributed by atoms with van der Waals surface area (Å²) >= 11 is 3.43. The fourth-order valence-electron chi connectivity index (χ4n) is 4.12. The maximum atomic E-state index is 14.8. The summed E-state index contributed by atoms with van der Waals surface area (Å²) in [5, 5.41) is 8.08. The molecule has 4 rings (SSSR count). The van der Waals surface area contributed by atoms with E-state index in [4.69, 9.17) is 14.2 Å². The topological polar surface area (TPSA) is 76.7 Å². The summed E-state index contributed by atoms with van der Waals surface area (Å²) in [5.41, 5.74) is 1.31. The Hall–Kier alpha value is -2.65. The average Bonchev–Trinajstić information content (AvgIpc) is 3.42. The van der Waals surface area contributed by atoms with Gasteiger partial charge in [-0.1, -0.05) is 15.9 Å². The van der Waals surface area contributed by atoms with Crippen LogP contribution >= 0.6 is 15.9 Å². The van der Waals surface area contributed by atoms with E-state index in [1.54, 1.807) is 17.0 Å². The van der Waals surface area contributed by atoms with Crippen LogP contribution in [0.4, 0.5) is 9.18 Å². The molecule has 1 saturated heterocycles. The van der Waals surface area contributed by atoms with Gasteiger partial charge in [-0.3, -0.25) is 5.10 Å². The normalized spacial score (nSPS) is 16.1. The molecule has 1 unspecified atom stereocenters. The highest BCUT2D eigenvalue weighted by molar-refractivity contribution is 9.10. The number of nitrogens with zero attached hydrogens (tertiary/aromatic N) is 2. The molecule has 1 atom stereocenters. The number of fused-ring (bicyclic) bond motifs is 1. The molecule has 1 N–H and O–H groups in total. The molecule has 188 valence electrons. The third-order valence-electron chi connectivity index (χ3n) is 5.74. The molecule has 0 saturated carbocycles. The van der Waals surface area contributed by atoms with Gasteiger partial charge in [0.15, 0.2) is 0 Å². The number of aromatic nitrogens is 2. The van der Waals surface area contributed by atoms with Crippen LogP contribution in [0.15, 0.2) is 40.9 Å². The first-order chi connectivity index (χ1) is 16.7. The van der Waals surface area contributed by atoms with Gasteiger partial charge in [-0.15, -0.1) is 0 Å². The van der Waals surface area contributed by atoms with Gasteiger partial charge in [0.25, 0.3) is 0 Å². The second kappa shape index (κ2) is 11.0. The number of ether oxygens (including phenoxy) is 3. The number of halogens is 2. The Bertz CT molecular complexity index is 1180. The summed E-state index contributed by atoms with van der Waals surface area (Å²) in [4.78, 5) is 14.1. The Kier molecular flexibility index (Phi) is 7.96. The number of amides is 1. The average molecular weight is 548 g/mol. The lowest BCUT2D eigenvalue weighted by molar-refractivity contribution is 0.00977. The van der Waals surface area contributed by atoms with Crippen LogP contribution in [0, 0.1) is 5.82 Å². The smallest absolute Gasteiger partial charge is 0.410 e. The summed E-state index contributed by atoms with van der Waals surface area (Å²) < 4.78 is 32.7. The predicted octanol–water partition coefficient (Wildman–Crippen LogP) is 6.32. The molecular weight excluding hydrogens is 517 g/mol. The van der Waals surface area contributed by atoms with Gasteiger partial charge in [0.05, 0.1) is 24.8 Å². The van der Waals surface area contributed by atoms with E-state index in [1.807, 2.05) is 39.0 Å². The van der Waals surface area contributed by atoms with Crippen LogP contribution in [-0.2, 0) is 9.47 Å². The van der Waals surface area contributed by atoms with Gasteiger partial charge in [-0.25, -0.2) is 9.18 Å². The summed E-state index contributed by atoms with van der Waals surface area (Å²) in [7, 11) is 0. The van der Waals surface area contributed by atoms with E-state index in [9.17, 15) is 9.18 Å². The van der Waals surface area contributed by atoms with Crippen molar-refractivity contribution in [1.82, 2.24) is 15.1 Å². The molecule has 1 aromatic heterocycles. The molecule has 2 heterocycles. The van der Waals surface area contributed by atoms with E-state index in [2.05, 4.69) is 26.1 Å². The molecule has 35 heavy (non-hydrogen) atoms. The minimum absolute atomic E-state index is 0.0339. The molecule has 2 aromatic carbocycles. The zero-order valence-electron chi connectivity index (χ0n) is 20.3. The summed E-state index contributed by atoms with van der Waals surface area (Å²) in [6, 6.07) is 10.6. The van der Waals surface area contributed by atoms with E-state index in [1.165, 1.54) is 6.07 Å². The number of H-pyrrole nitrogens is 1. The van der Waals surface area contributed by atoms with Crippen molar-refractivity contribution < 1.29 is 23.4 Å². The molecule has 0 spiro atoms. The van der Waals surface area contributed by atoms with Crippen molar-refractivity contribution in [2.24, 2.45) is 0 Å². The number of rotatable bonds is 8. The fraction of sp³-hybridized carbons (Fsp3) is 0.462. The molecule has 1 amide bonds. The van der Waals surface area contributed by atoms with Gasteiger partial charge < -0.3 is 19.1 Å². The number of hydrogen-bond donors (Lipinski definition) is 1. The minimum atomic E-state index is -0.510. The standard InChI is InChI=1S/C26H31BrFN3O4/c1-26(2,3)35-25(32)31-11-4-6-18(31)16-33-12-5-13-34-19-8-10-20(22(28)15-19)24-21-9-7-17(27)14-23(21)29-30-24/h7-10,14-15,18H,4-6,11-13,16H2,1-3H3,(H,29,30). The first-order valence-electron chi connectivity index (χ1n) is 11.8. The second-order valence-corrected chi connectivity index (χ2v) is 10.6. The van der Waals surface area contributed by atoms with Crippen molar-refractivity contribution in [3.8, 4) is 17.0 Å². The molecule has 9 heteroatoms. The molecule has 3 aromatic rings. The van der Waals surface area contributed by atoms with Crippen LogP contribution in [0.25, 0.3) is 22.2 Å². The van der Waals surface area contributed by atoms with E-state index in [0.29, 0.717) is 49.8 Å². The number of hydrogen-bond acceptors (Lipinski definition) is 5. The lowest BCUT2D eigenvalue weighted by atomic mass is 10.1. The summed E-state index contributed by atoms with van der Waals surface area (Å²) in [5.74, 6) is 0.0688. The molecule has 1 fully saturated rings. The highest BCUT2D eigenvalue weighted by Gasteiger charge is 2.32. The lowest BCUT2D eigenvalue weighted by Crippen LogP contribution is -2.41. The first-order valence-corrected chi connectivity index (χ1v) is 12.6. The fourth-order valence-corrected chi connectivity index (χ4v) is 4.48. The van der Waals surface area contributed by atoms with Gasteiger partial charge in [0, 0.05) is 41.1 Å². The molecule has 0 bridgehead atoms. The van der Waals surface area contributed by atoms with Crippen molar-refractivity contribution in [2.75, 3.05) is 26.4 Å². The lowest BCUT2D eigenvalue weighted by Gasteiger charge is -2.28. The van der Waals surface area contributed by atoms with Crippen LogP contribution in [0.1, 0.15) is 40.0 Å². The van der Waals surface area contributed by atoms with E-state index >= 15 is 0 Å². The third kappa shape index (κ3) is 6.52. The molecular formula is C26H31BrFN3O4. The number of likely N-dealkylation sites (tertiary alicyclic amines) is 1. The quantitative estimate of drug-likeness (QED) is 0.334. The highest BCUT2D eigenvalue weighted by Crippen LogP contribution is 2.31. The van der Waals surface area contributed by atoms with E-state index in [0.717, 1.165) is 28.2 Å². The molecule has 0 aliphatic carbocycles. The summed E-state index contributed by atoms with van der Waals surface area (Å²) in [6.07, 6.45) is 2.22. The SMILES string of the molecule is CC(C)(C)OC(=O)N1CCCC1COCCCOc1ccc(-c2n[nH]c3cc(Br)ccc23)c(F)c1. The number of carbonyl (C=O) groups excluding carboxylic acids is 1. The minimum Gasteiger partial charge on any atom is -0.493 e. The Morgan fingerprint density at radius 2 is 2.06 bits per heavy atom. The maximum Gasteiger partial charge on any atom is 0.410 e. The summed E-state index contributed by atoms with van der Waals surface area (Å²) in [6.45, 7) is 7.65. The Morgan fingerprint density at radius 3 is 2.83 bits per heavy atom. The van der Waals surface area contributed by atoms with Crippen LogP contribution in [-0.4, -0.2) is 59.2 Å². The zero-order valence-corrected chi connectivity index (χ0v) is 21.9. The largest absolute Gasteiger partial charge is 0.493 e. The van der Waals surface area contributed by atoms with Gasteiger partial charge in [-0.05, 0) is 63.9 Å². The van der Waals surface area contributed by atoms with Crippen molar-refractivity contribution in [1.29, 1.82) is 0 Å². The number of nitrogens with one attached hydrogen (secondary N) is 1. The van der Waals surface area contributed by atoms with E-state index in [-0.39, 0.29) is 12.1 Å². The van der Waals surface area contributed by atoms with Crippen LogP contribution < -0.4 is 4.74 Å². The van der Waals surface area contributed by atoms with Gasteiger partial charge >= 0.3 is 6.09 Å². The monoisotopic (exact) mass is 547 g/mol. The third-order valence-corrected chi connectivity index (χ3v) is 6.23. The van der Waals surface area contributed by atoms with Crippen LogP contribution in [0.2, 0.25) is 0 Å². The first kappa shape index (κ1) is 25.4. The molecule has 0 radical (unpaired) electrons. The van der Waals surface area contributed by atoms with Crippen molar-refractivity contribution in [3.63, 3.8) is 0 Å². The van der Waals surface area contributed by atoms with Gasteiger partial charge in [-0.2, -0.15) is 5.10 Å². The van der Waals surface area contributed by atoms with Crippen LogP contribution in [0.3, 0.4) is 0 Å². The van der Waals surface area contributed by atoms with Crippen molar-refractivity contribution in [2.45, 2.75) is 51.7 Å². The van der Waals surface area contributed by atoms with Gasteiger partial charge in [0.2, 0.25) is 0 Å². The second-order valence-electron chi connectivity index (χ2n) is 9.65.